The van der Waals surface area contributed by atoms with Crippen LogP contribution >= 0.6 is 0 Å². The van der Waals surface area contributed by atoms with Crippen molar-refractivity contribution in [2.75, 3.05) is 31.6 Å². The van der Waals surface area contributed by atoms with Gasteiger partial charge in [0.25, 0.3) is 5.91 Å². The highest BCUT2D eigenvalue weighted by molar-refractivity contribution is 5.94. The van der Waals surface area contributed by atoms with Crippen molar-refractivity contribution in [3.63, 3.8) is 0 Å². The third-order valence-corrected chi connectivity index (χ3v) is 3.04. The van der Waals surface area contributed by atoms with Gasteiger partial charge in [0.2, 0.25) is 0 Å². The summed E-state index contributed by atoms with van der Waals surface area (Å²) in [4.78, 5) is 12.0. The smallest absolute Gasteiger partial charge is 0.254 e. The summed E-state index contributed by atoms with van der Waals surface area (Å²) in [6, 6.07) is 7.69. The summed E-state index contributed by atoms with van der Waals surface area (Å²) >= 11 is 0. The van der Waals surface area contributed by atoms with Gasteiger partial charge in [0.05, 0.1) is 6.61 Å². The molecule has 5 nitrogen and oxygen atoms in total. The normalized spacial score (nSPS) is 19.1. The Balaban J connectivity index is 1.92. The number of hydrogen-bond acceptors (Lipinski definition) is 4. The summed E-state index contributed by atoms with van der Waals surface area (Å²) in [6.45, 7) is 2.09. The SMILES string of the molecule is O=C(Nc1cccc(CCCO)c1)C1CNCCO1. The van der Waals surface area contributed by atoms with E-state index in [0.29, 0.717) is 13.2 Å². The molecule has 0 spiro atoms. The fourth-order valence-corrected chi connectivity index (χ4v) is 2.04. The Morgan fingerprint density at radius 1 is 1.53 bits per heavy atom. The molecule has 1 unspecified atom stereocenters. The lowest BCUT2D eigenvalue weighted by molar-refractivity contribution is -0.128. The number of carbonyl (C=O) groups excluding carboxylic acids is 1. The molecular weight excluding hydrogens is 244 g/mol. The minimum Gasteiger partial charge on any atom is -0.396 e. The molecule has 1 atom stereocenters. The van der Waals surface area contributed by atoms with Crippen LogP contribution in [0.5, 0.6) is 0 Å². The fraction of sp³-hybridized carbons (Fsp3) is 0.500. The average molecular weight is 264 g/mol. The first-order chi connectivity index (χ1) is 9.29. The Labute approximate surface area is 113 Å². The summed E-state index contributed by atoms with van der Waals surface area (Å²) in [5.74, 6) is -0.119. The molecule has 1 aliphatic rings. The number of ether oxygens (including phenoxy) is 1. The number of hydrogen-bond donors (Lipinski definition) is 3. The van der Waals surface area contributed by atoms with Crippen LogP contribution in [-0.2, 0) is 16.0 Å². The lowest BCUT2D eigenvalue weighted by Crippen LogP contribution is -2.45. The van der Waals surface area contributed by atoms with Gasteiger partial charge in [0.15, 0.2) is 0 Å². The first-order valence-corrected chi connectivity index (χ1v) is 6.62. The molecule has 0 saturated carbocycles. The van der Waals surface area contributed by atoms with E-state index in [1.165, 1.54) is 0 Å². The van der Waals surface area contributed by atoms with Crippen molar-refractivity contribution in [1.29, 1.82) is 0 Å². The standard InChI is InChI=1S/C14H20N2O3/c17-7-2-4-11-3-1-5-12(9-11)16-14(18)13-10-15-6-8-19-13/h1,3,5,9,13,15,17H,2,4,6-8,10H2,(H,16,18). The summed E-state index contributed by atoms with van der Waals surface area (Å²) in [7, 11) is 0. The molecule has 1 aliphatic heterocycles. The highest BCUT2D eigenvalue weighted by Crippen LogP contribution is 2.13. The first kappa shape index (κ1) is 14.0. The van der Waals surface area contributed by atoms with Crippen LogP contribution < -0.4 is 10.6 Å². The average Bonchev–Trinajstić information content (AvgIpc) is 2.46. The highest BCUT2D eigenvalue weighted by atomic mass is 16.5. The van der Waals surface area contributed by atoms with E-state index in [1.807, 2.05) is 24.3 Å². The minimum atomic E-state index is -0.421. The molecule has 1 fully saturated rings. The van der Waals surface area contributed by atoms with Gasteiger partial charge in [-0.25, -0.2) is 0 Å². The Bertz CT molecular complexity index is 417. The summed E-state index contributed by atoms with van der Waals surface area (Å²) in [6.07, 6.45) is 1.12. The maximum absolute atomic E-state index is 12.0. The van der Waals surface area contributed by atoms with Crippen molar-refractivity contribution in [2.45, 2.75) is 18.9 Å². The van der Waals surface area contributed by atoms with Crippen LogP contribution in [-0.4, -0.2) is 43.4 Å². The number of aliphatic hydroxyl groups excluding tert-OH is 1. The van der Waals surface area contributed by atoms with Crippen LogP contribution in [0.25, 0.3) is 0 Å². The summed E-state index contributed by atoms with van der Waals surface area (Å²) in [5, 5.41) is 14.8. The second kappa shape index (κ2) is 7.23. The van der Waals surface area contributed by atoms with Gasteiger partial charge in [0.1, 0.15) is 6.10 Å². The number of carbonyl (C=O) groups is 1. The van der Waals surface area contributed by atoms with Gasteiger partial charge in [0, 0.05) is 25.4 Å². The quantitative estimate of drug-likeness (QED) is 0.726. The Morgan fingerprint density at radius 3 is 3.16 bits per heavy atom. The Morgan fingerprint density at radius 2 is 2.42 bits per heavy atom. The molecule has 0 aliphatic carbocycles. The Kier molecular flexibility index (Phi) is 5.32. The van der Waals surface area contributed by atoms with E-state index in [9.17, 15) is 4.79 Å². The van der Waals surface area contributed by atoms with Crippen molar-refractivity contribution >= 4 is 11.6 Å². The maximum Gasteiger partial charge on any atom is 0.254 e. The number of aryl methyl sites for hydroxylation is 1. The van der Waals surface area contributed by atoms with Crippen molar-refractivity contribution in [3.05, 3.63) is 29.8 Å². The van der Waals surface area contributed by atoms with Crippen LogP contribution in [0.4, 0.5) is 5.69 Å². The van der Waals surface area contributed by atoms with E-state index in [-0.39, 0.29) is 12.5 Å². The number of aliphatic hydroxyl groups is 1. The van der Waals surface area contributed by atoms with Crippen LogP contribution in [0.15, 0.2) is 24.3 Å². The second-order valence-electron chi connectivity index (χ2n) is 4.58. The molecule has 1 heterocycles. The van der Waals surface area contributed by atoms with Crippen LogP contribution in [0, 0.1) is 0 Å². The largest absolute Gasteiger partial charge is 0.396 e. The number of nitrogens with one attached hydrogen (secondary N) is 2. The van der Waals surface area contributed by atoms with Crippen LogP contribution in [0.3, 0.4) is 0 Å². The molecule has 104 valence electrons. The van der Waals surface area contributed by atoms with E-state index in [4.69, 9.17) is 9.84 Å². The molecule has 1 saturated heterocycles. The third kappa shape index (κ3) is 4.31. The predicted molar refractivity (Wildman–Crippen MR) is 73.1 cm³/mol. The van der Waals surface area contributed by atoms with E-state index < -0.39 is 6.10 Å². The summed E-state index contributed by atoms with van der Waals surface area (Å²) < 4.78 is 5.40. The zero-order valence-electron chi connectivity index (χ0n) is 10.9. The highest BCUT2D eigenvalue weighted by Gasteiger charge is 2.21. The monoisotopic (exact) mass is 264 g/mol. The first-order valence-electron chi connectivity index (χ1n) is 6.62. The van der Waals surface area contributed by atoms with Crippen molar-refractivity contribution < 1.29 is 14.6 Å². The molecule has 0 aromatic heterocycles. The number of anilines is 1. The summed E-state index contributed by atoms with van der Waals surface area (Å²) in [5.41, 5.74) is 1.88. The number of benzene rings is 1. The number of morpholine rings is 1. The molecular formula is C14H20N2O3. The van der Waals surface area contributed by atoms with Gasteiger partial charge in [-0.3, -0.25) is 4.79 Å². The molecule has 1 amide bonds. The molecule has 2 rings (SSSR count). The van der Waals surface area contributed by atoms with E-state index >= 15 is 0 Å². The van der Waals surface area contributed by atoms with Crippen molar-refractivity contribution in [1.82, 2.24) is 5.32 Å². The van der Waals surface area contributed by atoms with Crippen molar-refractivity contribution in [3.8, 4) is 0 Å². The fourth-order valence-electron chi connectivity index (χ4n) is 2.04. The van der Waals surface area contributed by atoms with E-state index in [1.54, 1.807) is 0 Å². The van der Waals surface area contributed by atoms with Gasteiger partial charge >= 0.3 is 0 Å². The van der Waals surface area contributed by atoms with E-state index in [2.05, 4.69) is 10.6 Å². The zero-order valence-corrected chi connectivity index (χ0v) is 10.9. The molecule has 19 heavy (non-hydrogen) atoms. The second-order valence-corrected chi connectivity index (χ2v) is 4.58. The van der Waals surface area contributed by atoms with Crippen LogP contribution in [0.2, 0.25) is 0 Å². The molecule has 1 aromatic carbocycles. The van der Waals surface area contributed by atoms with Gasteiger partial charge in [-0.05, 0) is 30.5 Å². The molecule has 0 radical (unpaired) electrons. The minimum absolute atomic E-state index is 0.119. The number of amides is 1. The molecule has 1 aromatic rings. The zero-order chi connectivity index (χ0) is 13.5. The van der Waals surface area contributed by atoms with Crippen LogP contribution in [0.1, 0.15) is 12.0 Å². The van der Waals surface area contributed by atoms with E-state index in [0.717, 1.165) is 30.6 Å². The lowest BCUT2D eigenvalue weighted by Gasteiger charge is -2.22. The maximum atomic E-state index is 12.0. The van der Waals surface area contributed by atoms with Crippen molar-refractivity contribution in [2.24, 2.45) is 0 Å². The molecule has 3 N–H and O–H groups in total. The van der Waals surface area contributed by atoms with Gasteiger partial charge in [-0.1, -0.05) is 12.1 Å². The van der Waals surface area contributed by atoms with Gasteiger partial charge < -0.3 is 20.5 Å². The third-order valence-electron chi connectivity index (χ3n) is 3.04. The Hall–Kier alpha value is -1.43. The lowest BCUT2D eigenvalue weighted by atomic mass is 10.1. The topological polar surface area (TPSA) is 70.6 Å². The number of rotatable bonds is 5. The predicted octanol–water partition coefficient (Wildman–Crippen LogP) is 0.538. The molecule has 0 bridgehead atoms. The van der Waals surface area contributed by atoms with Gasteiger partial charge in [-0.2, -0.15) is 0 Å². The van der Waals surface area contributed by atoms with Gasteiger partial charge in [-0.15, -0.1) is 0 Å². The molecule has 5 heteroatoms.